The van der Waals surface area contributed by atoms with Crippen LogP contribution in [0.25, 0.3) is 0 Å². The van der Waals surface area contributed by atoms with Crippen molar-refractivity contribution in [2.45, 2.75) is 25.8 Å². The maximum atomic E-state index is 11.4. The molecule has 0 bridgehead atoms. The number of nitrogens with one attached hydrogen (secondary N) is 2. The maximum Gasteiger partial charge on any atom is 0.262 e. The van der Waals surface area contributed by atoms with Gasteiger partial charge >= 0.3 is 0 Å². The number of hydrogen-bond donors (Lipinski definition) is 2. The molecule has 0 aromatic heterocycles. The Labute approximate surface area is 130 Å². The normalized spacial score (nSPS) is 20.3. The highest BCUT2D eigenvalue weighted by Gasteiger charge is 2.18. The summed E-state index contributed by atoms with van der Waals surface area (Å²) >= 11 is 2.06. The highest BCUT2D eigenvalue weighted by atomic mass is 32.2. The molecule has 21 heavy (non-hydrogen) atoms. The van der Waals surface area contributed by atoms with Crippen molar-refractivity contribution in [2.75, 3.05) is 30.0 Å². The van der Waals surface area contributed by atoms with Gasteiger partial charge in [-0.15, -0.1) is 0 Å². The van der Waals surface area contributed by atoms with Crippen LogP contribution in [0.15, 0.2) is 18.2 Å². The minimum atomic E-state index is -0.0834. The van der Waals surface area contributed by atoms with Crippen LogP contribution < -0.4 is 15.4 Å². The predicted octanol–water partition coefficient (Wildman–Crippen LogP) is 2.81. The lowest BCUT2D eigenvalue weighted by Gasteiger charge is -2.25. The van der Waals surface area contributed by atoms with E-state index in [0.29, 0.717) is 0 Å². The zero-order chi connectivity index (χ0) is 14.7. The van der Waals surface area contributed by atoms with Crippen LogP contribution in [0.1, 0.15) is 31.4 Å². The summed E-state index contributed by atoms with van der Waals surface area (Å²) < 4.78 is 5.39. The average Bonchev–Trinajstić information content (AvgIpc) is 2.53. The Kier molecular flexibility index (Phi) is 4.70. The number of ether oxygens (including phenoxy) is 1. The molecule has 1 saturated heterocycles. The maximum absolute atomic E-state index is 11.4. The van der Waals surface area contributed by atoms with Gasteiger partial charge < -0.3 is 15.4 Å². The summed E-state index contributed by atoms with van der Waals surface area (Å²) in [7, 11) is 0. The second kappa shape index (κ2) is 6.71. The first-order chi connectivity index (χ1) is 10.2. The molecule has 2 aliphatic heterocycles. The molecule has 1 unspecified atom stereocenters. The number of anilines is 1. The smallest absolute Gasteiger partial charge is 0.262 e. The van der Waals surface area contributed by atoms with E-state index in [1.54, 1.807) is 0 Å². The van der Waals surface area contributed by atoms with E-state index in [2.05, 4.69) is 35.4 Å². The highest BCUT2D eigenvalue weighted by Crippen LogP contribution is 2.30. The Morgan fingerprint density at radius 1 is 1.43 bits per heavy atom. The molecule has 1 aromatic carbocycles. The van der Waals surface area contributed by atoms with Crippen LogP contribution in [0.3, 0.4) is 0 Å². The van der Waals surface area contributed by atoms with Crippen molar-refractivity contribution >= 4 is 23.4 Å². The van der Waals surface area contributed by atoms with Crippen molar-refractivity contribution < 1.29 is 9.53 Å². The monoisotopic (exact) mass is 306 g/mol. The molecule has 3 rings (SSSR count). The topological polar surface area (TPSA) is 50.4 Å². The molecule has 2 N–H and O–H groups in total. The van der Waals surface area contributed by atoms with Crippen LogP contribution in [0.4, 0.5) is 5.69 Å². The minimum absolute atomic E-state index is 0.0834. The third-order valence-electron chi connectivity index (χ3n) is 4.19. The molecule has 2 aliphatic rings. The number of fused-ring (bicyclic) bond motifs is 1. The van der Waals surface area contributed by atoms with Gasteiger partial charge in [0.2, 0.25) is 0 Å². The zero-order valence-corrected chi connectivity index (χ0v) is 13.2. The Bertz CT molecular complexity index is 515. The van der Waals surface area contributed by atoms with E-state index in [9.17, 15) is 4.79 Å². The summed E-state index contributed by atoms with van der Waals surface area (Å²) in [6.07, 6.45) is 2.64. The van der Waals surface area contributed by atoms with Crippen LogP contribution in [-0.4, -0.2) is 30.6 Å². The molecule has 4 nitrogen and oxygen atoms in total. The number of thioether (sulfide) groups is 1. The Hall–Kier alpha value is -1.20. The first-order valence-electron chi connectivity index (χ1n) is 7.60. The van der Waals surface area contributed by atoms with E-state index in [4.69, 9.17) is 4.74 Å². The fourth-order valence-corrected chi connectivity index (χ4v) is 3.99. The molecule has 0 aliphatic carbocycles. The lowest BCUT2D eigenvalue weighted by molar-refractivity contribution is -0.118. The summed E-state index contributed by atoms with van der Waals surface area (Å²) in [5.74, 6) is 4.07. The van der Waals surface area contributed by atoms with E-state index in [-0.39, 0.29) is 18.6 Å². The molecule has 1 aromatic rings. The lowest BCUT2D eigenvalue weighted by Crippen LogP contribution is -2.28. The lowest BCUT2D eigenvalue weighted by atomic mass is 10.0. The number of hydrogen-bond acceptors (Lipinski definition) is 4. The van der Waals surface area contributed by atoms with E-state index >= 15 is 0 Å². The largest absolute Gasteiger partial charge is 0.482 e. The fourth-order valence-electron chi connectivity index (χ4n) is 2.78. The summed E-state index contributed by atoms with van der Waals surface area (Å²) in [4.78, 5) is 11.4. The quantitative estimate of drug-likeness (QED) is 0.898. The molecule has 1 atom stereocenters. The van der Waals surface area contributed by atoms with Gasteiger partial charge in [0.05, 0.1) is 5.69 Å². The SMILES string of the molecule is CC(NCC1CCSCC1)c1ccc2c(c1)NC(=O)CO2. The summed E-state index contributed by atoms with van der Waals surface area (Å²) in [5, 5.41) is 6.49. The first-order valence-corrected chi connectivity index (χ1v) is 8.75. The molecule has 0 radical (unpaired) electrons. The molecular formula is C16H22N2O2S. The number of benzene rings is 1. The average molecular weight is 306 g/mol. The van der Waals surface area contributed by atoms with Crippen LogP contribution in [0, 0.1) is 5.92 Å². The van der Waals surface area contributed by atoms with Crippen molar-refractivity contribution in [3.8, 4) is 5.75 Å². The third kappa shape index (κ3) is 3.71. The van der Waals surface area contributed by atoms with E-state index in [0.717, 1.165) is 23.9 Å². The van der Waals surface area contributed by atoms with E-state index in [1.165, 1.54) is 29.9 Å². The number of rotatable bonds is 4. The third-order valence-corrected chi connectivity index (χ3v) is 5.24. The van der Waals surface area contributed by atoms with Crippen molar-refractivity contribution in [1.82, 2.24) is 5.32 Å². The van der Waals surface area contributed by atoms with Gasteiger partial charge in [-0.2, -0.15) is 11.8 Å². The van der Waals surface area contributed by atoms with Gasteiger partial charge in [0.1, 0.15) is 5.75 Å². The van der Waals surface area contributed by atoms with Crippen LogP contribution in [0.2, 0.25) is 0 Å². The van der Waals surface area contributed by atoms with Crippen LogP contribution in [0.5, 0.6) is 5.75 Å². The van der Waals surface area contributed by atoms with Gasteiger partial charge in [-0.3, -0.25) is 4.79 Å². The van der Waals surface area contributed by atoms with Gasteiger partial charge in [-0.1, -0.05) is 6.07 Å². The Morgan fingerprint density at radius 2 is 2.24 bits per heavy atom. The molecule has 114 valence electrons. The molecule has 0 saturated carbocycles. The van der Waals surface area contributed by atoms with Crippen molar-refractivity contribution in [3.05, 3.63) is 23.8 Å². The van der Waals surface area contributed by atoms with Gasteiger partial charge in [-0.25, -0.2) is 0 Å². The van der Waals surface area contributed by atoms with Crippen LogP contribution >= 0.6 is 11.8 Å². The summed E-state index contributed by atoms with van der Waals surface area (Å²) in [6.45, 7) is 3.35. The number of carbonyl (C=O) groups is 1. The molecule has 2 heterocycles. The first kappa shape index (κ1) is 14.7. The molecule has 1 fully saturated rings. The van der Waals surface area contributed by atoms with Gasteiger partial charge in [-0.05, 0) is 61.4 Å². The van der Waals surface area contributed by atoms with E-state index < -0.39 is 0 Å². The second-order valence-electron chi connectivity index (χ2n) is 5.78. The van der Waals surface area contributed by atoms with Gasteiger partial charge in [0.25, 0.3) is 5.91 Å². The number of amides is 1. The molecular weight excluding hydrogens is 284 g/mol. The molecule has 1 amide bonds. The van der Waals surface area contributed by atoms with Gasteiger partial charge in [0.15, 0.2) is 6.61 Å². The van der Waals surface area contributed by atoms with E-state index in [1.807, 2.05) is 12.1 Å². The molecule has 0 spiro atoms. The van der Waals surface area contributed by atoms with Crippen molar-refractivity contribution in [3.63, 3.8) is 0 Å². The highest BCUT2D eigenvalue weighted by molar-refractivity contribution is 7.99. The van der Waals surface area contributed by atoms with Crippen molar-refractivity contribution in [2.24, 2.45) is 5.92 Å². The minimum Gasteiger partial charge on any atom is -0.482 e. The van der Waals surface area contributed by atoms with Crippen LogP contribution in [-0.2, 0) is 4.79 Å². The zero-order valence-electron chi connectivity index (χ0n) is 12.4. The Balaban J connectivity index is 1.60. The second-order valence-corrected chi connectivity index (χ2v) is 7.00. The van der Waals surface area contributed by atoms with Gasteiger partial charge in [0, 0.05) is 6.04 Å². The standard InChI is InChI=1S/C16H22N2O2S/c1-11(17-9-12-4-6-21-7-5-12)13-2-3-15-14(8-13)18-16(19)10-20-15/h2-3,8,11-12,17H,4-7,9-10H2,1H3,(H,18,19). The summed E-state index contributed by atoms with van der Waals surface area (Å²) in [5.41, 5.74) is 1.97. The fraction of sp³-hybridized carbons (Fsp3) is 0.562. The van der Waals surface area contributed by atoms with Crippen molar-refractivity contribution in [1.29, 1.82) is 0 Å². The molecule has 5 heteroatoms. The Morgan fingerprint density at radius 3 is 3.05 bits per heavy atom. The number of carbonyl (C=O) groups excluding carboxylic acids is 1. The summed E-state index contributed by atoms with van der Waals surface area (Å²) in [6, 6.07) is 6.31. The predicted molar refractivity (Wildman–Crippen MR) is 87.0 cm³/mol.